The quantitative estimate of drug-likeness (QED) is 0.926. The number of benzene rings is 1. The topological polar surface area (TPSA) is 47.3 Å². The Labute approximate surface area is 111 Å². The molecular weight excluding hydrogens is 252 g/mol. The third-order valence-corrected chi connectivity index (χ3v) is 3.17. The van der Waals surface area contributed by atoms with Crippen LogP contribution in [-0.2, 0) is 20.1 Å². The predicted octanol–water partition coefficient (Wildman–Crippen LogP) is 2.92. The number of phenolic OH excluding ortho intramolecular Hbond substituents is 1. The smallest absolute Gasteiger partial charge is 0.161 e. The van der Waals surface area contributed by atoms with E-state index >= 15 is 0 Å². The molecule has 0 atom stereocenters. The Balaban J connectivity index is 2.16. The van der Waals surface area contributed by atoms with Crippen LogP contribution in [0.2, 0.25) is 5.02 Å². The Kier molecular flexibility index (Phi) is 3.77. The number of aryl methyl sites for hydroxylation is 2. The third-order valence-electron chi connectivity index (χ3n) is 2.73. The molecular formula is C13H15ClN2O2. The minimum atomic E-state index is 0.117. The second-order valence-electron chi connectivity index (χ2n) is 3.94. The van der Waals surface area contributed by atoms with E-state index in [9.17, 15) is 5.11 Å². The third kappa shape index (κ3) is 2.43. The lowest BCUT2D eigenvalue weighted by atomic mass is 10.3. The molecule has 0 aliphatic rings. The number of rotatable bonds is 4. The summed E-state index contributed by atoms with van der Waals surface area (Å²) in [5.74, 6) is 0.555. The van der Waals surface area contributed by atoms with Gasteiger partial charge in [0.25, 0.3) is 0 Å². The summed E-state index contributed by atoms with van der Waals surface area (Å²) in [7, 11) is 1.83. The lowest BCUT2D eigenvalue weighted by molar-refractivity contribution is 0.279. The van der Waals surface area contributed by atoms with Crippen LogP contribution in [-0.4, -0.2) is 14.9 Å². The number of aromatic hydroxyl groups is 1. The highest BCUT2D eigenvalue weighted by molar-refractivity contribution is 6.31. The molecule has 1 heterocycles. The van der Waals surface area contributed by atoms with Crippen LogP contribution in [0.15, 0.2) is 24.3 Å². The summed E-state index contributed by atoms with van der Waals surface area (Å²) in [6, 6.07) is 6.84. The number of hydrogen-bond acceptors (Lipinski definition) is 3. The average molecular weight is 267 g/mol. The van der Waals surface area contributed by atoms with Crippen molar-refractivity contribution in [2.45, 2.75) is 20.0 Å². The maximum absolute atomic E-state index is 9.60. The minimum absolute atomic E-state index is 0.117. The Bertz CT molecular complexity index is 552. The molecule has 0 saturated heterocycles. The number of nitrogens with zero attached hydrogens (tertiary/aromatic N) is 2. The summed E-state index contributed by atoms with van der Waals surface area (Å²) in [6.45, 7) is 2.28. The van der Waals surface area contributed by atoms with Crippen molar-refractivity contribution in [2.24, 2.45) is 7.05 Å². The molecule has 0 aliphatic carbocycles. The van der Waals surface area contributed by atoms with Crippen molar-refractivity contribution in [2.75, 3.05) is 0 Å². The lowest BCUT2D eigenvalue weighted by Gasteiger charge is -2.08. The average Bonchev–Trinajstić information content (AvgIpc) is 2.64. The summed E-state index contributed by atoms with van der Waals surface area (Å²) in [4.78, 5) is 0. The Morgan fingerprint density at radius 1 is 1.39 bits per heavy atom. The zero-order chi connectivity index (χ0) is 13.1. The first-order chi connectivity index (χ1) is 8.63. The highest BCUT2D eigenvalue weighted by Gasteiger charge is 2.13. The molecule has 5 heteroatoms. The van der Waals surface area contributed by atoms with Gasteiger partial charge in [0.15, 0.2) is 11.5 Å². The Morgan fingerprint density at radius 3 is 2.72 bits per heavy atom. The zero-order valence-electron chi connectivity index (χ0n) is 10.4. The van der Waals surface area contributed by atoms with E-state index < -0.39 is 0 Å². The minimum Gasteiger partial charge on any atom is -0.504 e. The van der Waals surface area contributed by atoms with E-state index in [1.54, 1.807) is 28.9 Å². The van der Waals surface area contributed by atoms with Gasteiger partial charge < -0.3 is 9.84 Å². The van der Waals surface area contributed by atoms with Gasteiger partial charge >= 0.3 is 0 Å². The Morgan fingerprint density at radius 2 is 2.11 bits per heavy atom. The normalized spacial score (nSPS) is 10.6. The van der Waals surface area contributed by atoms with E-state index in [-0.39, 0.29) is 12.4 Å². The van der Waals surface area contributed by atoms with Crippen LogP contribution in [0, 0.1) is 0 Å². The van der Waals surface area contributed by atoms with Crippen molar-refractivity contribution in [3.8, 4) is 11.5 Å². The second-order valence-corrected chi connectivity index (χ2v) is 4.32. The first kappa shape index (κ1) is 12.8. The van der Waals surface area contributed by atoms with Crippen molar-refractivity contribution in [3.05, 3.63) is 40.7 Å². The standard InChI is InChI=1S/C13H15ClN2O2/c1-3-9-13(14)10(16(2)15-9)8-18-12-7-5-4-6-11(12)17/h4-7,17H,3,8H2,1-2H3. The maximum Gasteiger partial charge on any atom is 0.161 e. The molecule has 0 aliphatic heterocycles. The summed E-state index contributed by atoms with van der Waals surface area (Å²) >= 11 is 6.21. The highest BCUT2D eigenvalue weighted by atomic mass is 35.5. The van der Waals surface area contributed by atoms with E-state index in [0.717, 1.165) is 17.8 Å². The van der Waals surface area contributed by atoms with E-state index in [1.807, 2.05) is 14.0 Å². The van der Waals surface area contributed by atoms with Crippen molar-refractivity contribution >= 4 is 11.6 Å². The Hall–Kier alpha value is -1.68. The lowest BCUT2D eigenvalue weighted by Crippen LogP contribution is -2.03. The molecule has 2 rings (SSSR count). The SMILES string of the molecule is CCc1nn(C)c(COc2ccccc2O)c1Cl. The van der Waals surface area contributed by atoms with Crippen LogP contribution in [0.1, 0.15) is 18.3 Å². The number of phenols is 1. The molecule has 0 bridgehead atoms. The van der Waals surface area contributed by atoms with E-state index in [4.69, 9.17) is 16.3 Å². The monoisotopic (exact) mass is 266 g/mol. The van der Waals surface area contributed by atoms with Crippen LogP contribution in [0.25, 0.3) is 0 Å². The van der Waals surface area contributed by atoms with Crippen LogP contribution >= 0.6 is 11.6 Å². The number of halogens is 1. The van der Waals surface area contributed by atoms with Crippen LogP contribution in [0.5, 0.6) is 11.5 Å². The fraction of sp³-hybridized carbons (Fsp3) is 0.308. The second kappa shape index (κ2) is 5.31. The number of ether oxygens (including phenoxy) is 1. The largest absolute Gasteiger partial charge is 0.504 e. The van der Waals surface area contributed by atoms with Gasteiger partial charge in [-0.1, -0.05) is 30.7 Å². The van der Waals surface area contributed by atoms with Crippen LogP contribution in [0.4, 0.5) is 0 Å². The molecule has 0 spiro atoms. The fourth-order valence-corrected chi connectivity index (χ4v) is 2.05. The van der Waals surface area contributed by atoms with Crippen molar-refractivity contribution in [1.82, 2.24) is 9.78 Å². The van der Waals surface area contributed by atoms with Gasteiger partial charge in [0.1, 0.15) is 6.61 Å². The maximum atomic E-state index is 9.60. The number of hydrogen-bond donors (Lipinski definition) is 1. The molecule has 2 aromatic rings. The van der Waals surface area contributed by atoms with Crippen molar-refractivity contribution in [1.29, 1.82) is 0 Å². The fourth-order valence-electron chi connectivity index (χ4n) is 1.70. The van der Waals surface area contributed by atoms with Gasteiger partial charge in [0.05, 0.1) is 16.4 Å². The predicted molar refractivity (Wildman–Crippen MR) is 70.0 cm³/mol. The molecule has 18 heavy (non-hydrogen) atoms. The molecule has 0 saturated carbocycles. The van der Waals surface area contributed by atoms with Gasteiger partial charge in [-0.25, -0.2) is 0 Å². The van der Waals surface area contributed by atoms with Gasteiger partial charge in [-0.3, -0.25) is 4.68 Å². The van der Waals surface area contributed by atoms with Crippen LogP contribution in [0.3, 0.4) is 0 Å². The molecule has 0 amide bonds. The highest BCUT2D eigenvalue weighted by Crippen LogP contribution is 2.27. The van der Waals surface area contributed by atoms with E-state index in [0.29, 0.717) is 10.8 Å². The van der Waals surface area contributed by atoms with Crippen molar-refractivity contribution < 1.29 is 9.84 Å². The number of aromatic nitrogens is 2. The van der Waals surface area contributed by atoms with Crippen molar-refractivity contribution in [3.63, 3.8) is 0 Å². The number of para-hydroxylation sites is 2. The van der Waals surface area contributed by atoms with Gasteiger partial charge in [0.2, 0.25) is 0 Å². The molecule has 1 aromatic carbocycles. The van der Waals surface area contributed by atoms with E-state index in [2.05, 4.69) is 5.10 Å². The molecule has 0 fully saturated rings. The van der Waals surface area contributed by atoms with Crippen LogP contribution < -0.4 is 4.74 Å². The molecule has 1 aromatic heterocycles. The zero-order valence-corrected chi connectivity index (χ0v) is 11.1. The summed E-state index contributed by atoms with van der Waals surface area (Å²) in [5.41, 5.74) is 1.66. The molecule has 96 valence electrons. The van der Waals surface area contributed by atoms with Gasteiger partial charge in [0, 0.05) is 7.05 Å². The van der Waals surface area contributed by atoms with Gasteiger partial charge in [-0.2, -0.15) is 5.10 Å². The van der Waals surface area contributed by atoms with E-state index in [1.165, 1.54) is 0 Å². The molecule has 0 unspecified atom stereocenters. The van der Waals surface area contributed by atoms with Gasteiger partial charge in [-0.05, 0) is 18.6 Å². The van der Waals surface area contributed by atoms with Gasteiger partial charge in [-0.15, -0.1) is 0 Å². The molecule has 4 nitrogen and oxygen atoms in total. The first-order valence-corrected chi connectivity index (χ1v) is 6.12. The molecule has 0 radical (unpaired) electrons. The first-order valence-electron chi connectivity index (χ1n) is 5.74. The molecule has 1 N–H and O–H groups in total. The summed E-state index contributed by atoms with van der Waals surface area (Å²) in [6.07, 6.45) is 0.781. The summed E-state index contributed by atoms with van der Waals surface area (Å²) < 4.78 is 7.26. The summed E-state index contributed by atoms with van der Waals surface area (Å²) in [5, 5.41) is 14.5.